The van der Waals surface area contributed by atoms with E-state index in [1.54, 1.807) is 11.1 Å². The molecule has 0 N–H and O–H groups in total. The van der Waals surface area contributed by atoms with Crippen molar-refractivity contribution in [1.29, 1.82) is 0 Å². The minimum absolute atomic E-state index is 0.865. The van der Waals surface area contributed by atoms with Crippen molar-refractivity contribution in [2.75, 3.05) is 0 Å². The smallest absolute Gasteiger partial charge is 0.0227 e. The lowest BCUT2D eigenvalue weighted by molar-refractivity contribution is 0.422. The Labute approximate surface area is 180 Å². The Balaban J connectivity index is 1.37. The molecule has 1 aromatic rings. The number of rotatable bonds is 11. The highest BCUT2D eigenvalue weighted by Crippen LogP contribution is 2.34. The molecule has 2 aliphatic rings. The van der Waals surface area contributed by atoms with E-state index in [1.165, 1.54) is 107 Å². The van der Waals surface area contributed by atoms with Gasteiger partial charge in [-0.05, 0) is 72.6 Å². The maximum Gasteiger partial charge on any atom is -0.0227 e. The van der Waals surface area contributed by atoms with Crippen LogP contribution >= 0.6 is 0 Å². The Morgan fingerprint density at radius 3 is 1.76 bits per heavy atom. The van der Waals surface area contributed by atoms with E-state index in [2.05, 4.69) is 50.3 Å². The van der Waals surface area contributed by atoms with Gasteiger partial charge >= 0.3 is 0 Å². The van der Waals surface area contributed by atoms with Gasteiger partial charge in [0.05, 0.1) is 0 Å². The molecule has 0 radical (unpaired) electrons. The largest absolute Gasteiger partial charge is 0.0805 e. The molecule has 0 aromatic heterocycles. The lowest BCUT2D eigenvalue weighted by Gasteiger charge is -2.23. The Bertz CT molecular complexity index is 645. The van der Waals surface area contributed by atoms with Gasteiger partial charge in [0.2, 0.25) is 0 Å². The molecular formula is C29H44. The van der Waals surface area contributed by atoms with Crippen molar-refractivity contribution in [3.05, 3.63) is 47.5 Å². The zero-order chi connectivity index (χ0) is 20.3. The van der Waals surface area contributed by atoms with E-state index in [1.807, 2.05) is 0 Å². The molecule has 0 aliphatic heterocycles. The van der Waals surface area contributed by atoms with E-state index in [4.69, 9.17) is 0 Å². The van der Waals surface area contributed by atoms with Crippen molar-refractivity contribution >= 4 is 11.1 Å². The monoisotopic (exact) mass is 392 g/mol. The molecule has 0 heterocycles. The second kappa shape index (κ2) is 12.4. The van der Waals surface area contributed by atoms with Gasteiger partial charge in [-0.15, -0.1) is 0 Å². The van der Waals surface area contributed by atoms with Crippen LogP contribution in [0.25, 0.3) is 11.1 Å². The van der Waals surface area contributed by atoms with Crippen molar-refractivity contribution in [2.24, 2.45) is 11.8 Å². The topological polar surface area (TPSA) is 0 Å². The SMILES string of the molecule is CCCCCCCCCCC1CC=C(c2ccc(C3=CCC(C)CC3)cc2)CC1. The van der Waals surface area contributed by atoms with Crippen molar-refractivity contribution in [3.63, 3.8) is 0 Å². The van der Waals surface area contributed by atoms with Gasteiger partial charge < -0.3 is 0 Å². The lowest BCUT2D eigenvalue weighted by atomic mass is 9.83. The fraction of sp³-hybridized carbons (Fsp3) is 0.655. The van der Waals surface area contributed by atoms with Gasteiger partial charge in [-0.25, -0.2) is 0 Å². The van der Waals surface area contributed by atoms with Gasteiger partial charge in [0.25, 0.3) is 0 Å². The molecule has 1 aromatic carbocycles. The van der Waals surface area contributed by atoms with Gasteiger partial charge in [0.15, 0.2) is 0 Å². The van der Waals surface area contributed by atoms with E-state index >= 15 is 0 Å². The van der Waals surface area contributed by atoms with Gasteiger partial charge in [-0.2, -0.15) is 0 Å². The molecule has 0 nitrogen and oxygen atoms in total. The Morgan fingerprint density at radius 1 is 0.690 bits per heavy atom. The molecule has 160 valence electrons. The molecule has 2 unspecified atom stereocenters. The molecule has 0 saturated carbocycles. The first-order chi connectivity index (χ1) is 14.3. The van der Waals surface area contributed by atoms with Crippen LogP contribution in [0.5, 0.6) is 0 Å². The summed E-state index contributed by atoms with van der Waals surface area (Å²) in [6.45, 7) is 4.67. The molecule has 29 heavy (non-hydrogen) atoms. The van der Waals surface area contributed by atoms with Crippen molar-refractivity contribution in [1.82, 2.24) is 0 Å². The average Bonchev–Trinajstić information content (AvgIpc) is 2.77. The van der Waals surface area contributed by atoms with Gasteiger partial charge in [-0.1, -0.05) is 108 Å². The Hall–Kier alpha value is -1.30. The van der Waals surface area contributed by atoms with E-state index < -0.39 is 0 Å². The molecule has 0 spiro atoms. The van der Waals surface area contributed by atoms with Crippen LogP contribution in [0.4, 0.5) is 0 Å². The fourth-order valence-corrected chi connectivity index (χ4v) is 5.11. The quantitative estimate of drug-likeness (QED) is 0.329. The molecule has 3 rings (SSSR count). The minimum Gasteiger partial charge on any atom is -0.0805 e. The Morgan fingerprint density at radius 2 is 1.24 bits per heavy atom. The third kappa shape index (κ3) is 7.47. The van der Waals surface area contributed by atoms with Crippen molar-refractivity contribution < 1.29 is 0 Å². The summed E-state index contributed by atoms with van der Waals surface area (Å²) in [5.41, 5.74) is 6.07. The third-order valence-corrected chi connectivity index (χ3v) is 7.29. The third-order valence-electron chi connectivity index (χ3n) is 7.29. The first-order valence-corrected chi connectivity index (χ1v) is 12.7. The molecule has 0 heteroatoms. The highest BCUT2D eigenvalue weighted by Gasteiger charge is 2.16. The number of hydrogen-bond acceptors (Lipinski definition) is 0. The summed E-state index contributed by atoms with van der Waals surface area (Å²) in [6, 6.07) is 9.48. The van der Waals surface area contributed by atoms with Crippen LogP contribution in [-0.4, -0.2) is 0 Å². The van der Waals surface area contributed by atoms with Crippen LogP contribution in [0.15, 0.2) is 36.4 Å². The molecule has 2 atom stereocenters. The molecule has 0 bridgehead atoms. The normalized spacial score (nSPS) is 22.3. The molecule has 0 fully saturated rings. The second-order valence-corrected chi connectivity index (χ2v) is 9.82. The van der Waals surface area contributed by atoms with Crippen LogP contribution in [0.2, 0.25) is 0 Å². The van der Waals surface area contributed by atoms with Gasteiger partial charge in [-0.3, -0.25) is 0 Å². The zero-order valence-corrected chi connectivity index (χ0v) is 19.2. The average molecular weight is 393 g/mol. The van der Waals surface area contributed by atoms with E-state index in [0.29, 0.717) is 0 Å². The van der Waals surface area contributed by atoms with Gasteiger partial charge in [0.1, 0.15) is 0 Å². The lowest BCUT2D eigenvalue weighted by Crippen LogP contribution is -2.05. The van der Waals surface area contributed by atoms with E-state index in [-0.39, 0.29) is 0 Å². The minimum atomic E-state index is 0.865. The molecule has 0 saturated heterocycles. The summed E-state index contributed by atoms with van der Waals surface area (Å²) in [7, 11) is 0. The summed E-state index contributed by atoms with van der Waals surface area (Å²) in [6.07, 6.45) is 25.8. The van der Waals surface area contributed by atoms with Crippen LogP contribution in [0.1, 0.15) is 121 Å². The summed E-state index contributed by atoms with van der Waals surface area (Å²) < 4.78 is 0. The summed E-state index contributed by atoms with van der Waals surface area (Å²) in [4.78, 5) is 0. The van der Waals surface area contributed by atoms with E-state index in [9.17, 15) is 0 Å². The summed E-state index contributed by atoms with van der Waals surface area (Å²) in [5.74, 6) is 1.80. The number of benzene rings is 1. The standard InChI is InChI=1S/C29H44/c1-3-4-5-6-7-8-9-10-11-25-14-18-27(19-15-25)29-22-20-28(21-23-29)26-16-12-24(2)13-17-26/h16,18,20-25H,3-15,17,19H2,1-2H3. The van der Waals surface area contributed by atoms with Crippen LogP contribution < -0.4 is 0 Å². The molecular weight excluding hydrogens is 348 g/mol. The van der Waals surface area contributed by atoms with Crippen LogP contribution in [-0.2, 0) is 0 Å². The summed E-state index contributed by atoms with van der Waals surface area (Å²) >= 11 is 0. The predicted octanol–water partition coefficient (Wildman–Crippen LogP) is 9.60. The number of unbranched alkanes of at least 4 members (excludes halogenated alkanes) is 7. The summed E-state index contributed by atoms with van der Waals surface area (Å²) in [5, 5.41) is 0. The molecule has 2 aliphatic carbocycles. The highest BCUT2D eigenvalue weighted by atomic mass is 14.2. The first kappa shape index (κ1) is 22.4. The van der Waals surface area contributed by atoms with Crippen molar-refractivity contribution in [3.8, 4) is 0 Å². The molecule has 0 amide bonds. The second-order valence-electron chi connectivity index (χ2n) is 9.82. The fourth-order valence-electron chi connectivity index (χ4n) is 5.11. The van der Waals surface area contributed by atoms with Crippen molar-refractivity contribution in [2.45, 2.75) is 110 Å². The number of allylic oxidation sites excluding steroid dienone is 4. The van der Waals surface area contributed by atoms with Crippen LogP contribution in [0.3, 0.4) is 0 Å². The maximum atomic E-state index is 2.55. The first-order valence-electron chi connectivity index (χ1n) is 12.7. The van der Waals surface area contributed by atoms with Gasteiger partial charge in [0, 0.05) is 0 Å². The highest BCUT2D eigenvalue weighted by molar-refractivity contribution is 5.71. The number of hydrogen-bond donors (Lipinski definition) is 0. The Kier molecular flexibility index (Phi) is 9.58. The zero-order valence-electron chi connectivity index (χ0n) is 19.2. The predicted molar refractivity (Wildman–Crippen MR) is 130 cm³/mol. The van der Waals surface area contributed by atoms with Crippen LogP contribution in [0, 0.1) is 11.8 Å². The maximum absolute atomic E-state index is 2.55. The van der Waals surface area contributed by atoms with E-state index in [0.717, 1.165) is 11.8 Å².